The summed E-state index contributed by atoms with van der Waals surface area (Å²) in [5.74, 6) is -3.56. The molecule has 2 bridgehead atoms. The van der Waals surface area contributed by atoms with E-state index in [0.717, 1.165) is 5.56 Å². The average Bonchev–Trinajstić information content (AvgIpc) is 3.11. The molecule has 0 radical (unpaired) electrons. The normalized spacial score (nSPS) is 33.6. The first kappa shape index (κ1) is 44.3. The highest BCUT2D eigenvalue weighted by molar-refractivity contribution is 6.74. The number of fused-ring (bicyclic) bond motifs is 3. The van der Waals surface area contributed by atoms with Crippen LogP contribution in [-0.4, -0.2) is 98.8 Å². The highest BCUT2D eigenvalue weighted by Gasteiger charge is 2.76. The Labute approximate surface area is 334 Å². The van der Waals surface area contributed by atoms with Gasteiger partial charge in [0.2, 0.25) is 0 Å². The third kappa shape index (κ3) is 7.74. The number of carbonyl (C=O) groups excluding carboxylic acids is 3. The van der Waals surface area contributed by atoms with Gasteiger partial charge in [0, 0.05) is 30.1 Å². The van der Waals surface area contributed by atoms with E-state index >= 15 is 4.79 Å². The molecule has 0 spiro atoms. The van der Waals surface area contributed by atoms with E-state index in [4.69, 9.17) is 23.1 Å². The number of ether oxygens (including phenoxy) is 3. The monoisotopic (exact) mass is 812 g/mol. The number of hydrogen-bond donors (Lipinski definition) is 3. The van der Waals surface area contributed by atoms with E-state index in [2.05, 4.69) is 20.8 Å². The van der Waals surface area contributed by atoms with Crippen LogP contribution in [0.2, 0.25) is 37.8 Å². The fraction of sp³-hybridized carbons (Fsp3) is 0.651. The SMILES string of the molecule is COc1ccc(CO[C@H]2C(=O)[C@@]3(C)C([C@H](OC(=O)c4ccccc4)[C@]4(O)C(=O)CC[C@H]2C4(C)C)[C@](O)(CO[Si](C)(C)C)[C@@H](O)C[C@@H]3O[Si](C)(C)C(C)(C)C)cc1. The average molecular weight is 813 g/mol. The highest BCUT2D eigenvalue weighted by Crippen LogP contribution is 2.62. The molecule has 310 valence electrons. The topological polar surface area (TPSA) is 158 Å². The Bertz CT molecular complexity index is 1750. The number of Topliss-reactive ketones (excluding diaryl/α,β-unsaturated/α-hetero) is 2. The molecular weight excluding hydrogens is 749 g/mol. The number of hydrogen-bond acceptors (Lipinski definition) is 11. The Morgan fingerprint density at radius 2 is 1.54 bits per heavy atom. The molecule has 13 heteroatoms. The highest BCUT2D eigenvalue weighted by atomic mass is 28.4. The molecule has 0 aromatic heterocycles. The van der Waals surface area contributed by atoms with Crippen LogP contribution in [-0.2, 0) is 34.5 Å². The van der Waals surface area contributed by atoms with Crippen molar-refractivity contribution in [3.8, 4) is 5.75 Å². The number of methoxy groups -OCH3 is 1. The molecule has 3 N–H and O–H groups in total. The van der Waals surface area contributed by atoms with Gasteiger partial charge >= 0.3 is 5.97 Å². The van der Waals surface area contributed by atoms with Gasteiger partial charge in [0.1, 0.15) is 23.6 Å². The van der Waals surface area contributed by atoms with Crippen LogP contribution in [0.15, 0.2) is 54.6 Å². The molecule has 2 aromatic carbocycles. The van der Waals surface area contributed by atoms with E-state index < -0.39 is 99.1 Å². The van der Waals surface area contributed by atoms with Crippen molar-refractivity contribution in [2.75, 3.05) is 13.7 Å². The van der Waals surface area contributed by atoms with Crippen molar-refractivity contribution in [2.45, 2.75) is 141 Å². The summed E-state index contributed by atoms with van der Waals surface area (Å²) in [7, 11) is -3.61. The van der Waals surface area contributed by atoms with Crippen LogP contribution in [0.25, 0.3) is 0 Å². The summed E-state index contributed by atoms with van der Waals surface area (Å²) in [5, 5.41) is 38.6. The molecule has 0 heterocycles. The van der Waals surface area contributed by atoms with Gasteiger partial charge in [0.05, 0.1) is 43.5 Å². The molecule has 11 nitrogen and oxygen atoms in total. The Kier molecular flexibility index (Phi) is 12.2. The summed E-state index contributed by atoms with van der Waals surface area (Å²) in [6.45, 7) is 20.7. The van der Waals surface area contributed by atoms with Crippen LogP contribution in [0.4, 0.5) is 0 Å². The molecule has 0 amide bonds. The van der Waals surface area contributed by atoms with E-state index in [1.165, 1.54) is 0 Å². The van der Waals surface area contributed by atoms with Gasteiger partial charge in [-0.25, -0.2) is 4.79 Å². The lowest BCUT2D eigenvalue weighted by molar-refractivity contribution is -0.289. The fourth-order valence-corrected chi connectivity index (χ4v) is 11.0. The lowest BCUT2D eigenvalue weighted by Crippen LogP contribution is -2.80. The third-order valence-electron chi connectivity index (χ3n) is 13.6. The molecular formula is C43H64O11Si2. The summed E-state index contributed by atoms with van der Waals surface area (Å²) in [6.07, 6.45) is -5.74. The molecule has 9 atom stereocenters. The summed E-state index contributed by atoms with van der Waals surface area (Å²) in [4.78, 5) is 44.9. The predicted octanol–water partition coefficient (Wildman–Crippen LogP) is 6.49. The van der Waals surface area contributed by atoms with Crippen molar-refractivity contribution in [3.05, 3.63) is 65.7 Å². The van der Waals surface area contributed by atoms with Crippen LogP contribution in [0.1, 0.15) is 76.7 Å². The van der Waals surface area contributed by atoms with Gasteiger partial charge in [-0.1, -0.05) is 65.0 Å². The minimum atomic E-state index is -2.76. The molecule has 56 heavy (non-hydrogen) atoms. The molecule has 3 aliphatic carbocycles. The Hall–Kier alpha value is -2.76. The lowest BCUT2D eigenvalue weighted by atomic mass is 9.44. The zero-order valence-corrected chi connectivity index (χ0v) is 37.3. The zero-order valence-electron chi connectivity index (χ0n) is 35.3. The number of carbonyl (C=O) groups is 3. The van der Waals surface area contributed by atoms with Crippen molar-refractivity contribution in [1.82, 2.24) is 0 Å². The molecule has 1 unspecified atom stereocenters. The third-order valence-corrected chi connectivity index (χ3v) is 19.1. The second kappa shape index (κ2) is 15.4. The molecule has 0 saturated heterocycles. The van der Waals surface area contributed by atoms with E-state index in [0.29, 0.717) is 5.75 Å². The number of esters is 1. The standard InChI is InChI=1S/C43H64O11Si2/c1-39(2,3)56(11,12)54-33-24-32(45)42(48,26-52-55(8,9)10)35-37(53-38(47)28-16-14-13-15-17-28)43(49)31(44)23-22-30(40(43,4)5)34(36(46)41(33,35)6)51-25-27-18-20-29(50-7)21-19-27/h13-21,30,32-35,37,45,48-49H,22-26H2,1-12H3/t30-,32+,33+,34-,35?,37+,41-,42+,43-/m1/s1. The fourth-order valence-electron chi connectivity index (χ4n) is 8.96. The number of aliphatic hydroxyl groups excluding tert-OH is 1. The number of rotatable bonds is 11. The van der Waals surface area contributed by atoms with Crippen molar-refractivity contribution in [3.63, 3.8) is 0 Å². The summed E-state index contributed by atoms with van der Waals surface area (Å²) >= 11 is 0. The summed E-state index contributed by atoms with van der Waals surface area (Å²) in [6, 6.07) is 15.5. The van der Waals surface area contributed by atoms with E-state index in [9.17, 15) is 24.9 Å². The maximum absolute atomic E-state index is 16.1. The summed E-state index contributed by atoms with van der Waals surface area (Å²) < 4.78 is 32.0. The van der Waals surface area contributed by atoms with Crippen LogP contribution in [0.3, 0.4) is 0 Å². The first-order chi connectivity index (χ1) is 25.8. The van der Waals surface area contributed by atoms with Crippen LogP contribution >= 0.6 is 0 Å². The zero-order chi connectivity index (χ0) is 41.9. The first-order valence-electron chi connectivity index (χ1n) is 19.8. The van der Waals surface area contributed by atoms with Crippen LogP contribution in [0, 0.1) is 22.7 Å². The van der Waals surface area contributed by atoms with Crippen LogP contribution < -0.4 is 4.74 Å². The molecule has 2 aromatic rings. The van der Waals surface area contributed by atoms with Gasteiger partial charge in [-0.05, 0) is 80.9 Å². The maximum atomic E-state index is 16.1. The smallest absolute Gasteiger partial charge is 0.338 e. The predicted molar refractivity (Wildman–Crippen MR) is 217 cm³/mol. The van der Waals surface area contributed by atoms with E-state index in [-0.39, 0.29) is 36.5 Å². The largest absolute Gasteiger partial charge is 0.497 e. The van der Waals surface area contributed by atoms with E-state index in [1.807, 2.05) is 44.9 Å². The Morgan fingerprint density at radius 3 is 2.09 bits per heavy atom. The van der Waals surface area contributed by atoms with Gasteiger partial charge in [-0.2, -0.15) is 0 Å². The van der Waals surface area contributed by atoms with Crippen molar-refractivity contribution < 1.29 is 52.8 Å². The quantitative estimate of drug-likeness (QED) is 0.168. The van der Waals surface area contributed by atoms with Crippen molar-refractivity contribution in [2.24, 2.45) is 22.7 Å². The molecule has 0 aliphatic heterocycles. The molecule has 5 rings (SSSR count). The van der Waals surface area contributed by atoms with Gasteiger partial charge in [-0.3, -0.25) is 9.59 Å². The minimum Gasteiger partial charge on any atom is -0.497 e. The Morgan fingerprint density at radius 1 is 0.929 bits per heavy atom. The molecule has 3 fully saturated rings. The van der Waals surface area contributed by atoms with Gasteiger partial charge in [-0.15, -0.1) is 0 Å². The number of benzene rings is 2. The van der Waals surface area contributed by atoms with Crippen LogP contribution in [0.5, 0.6) is 5.75 Å². The van der Waals surface area contributed by atoms with Gasteiger partial charge in [0.15, 0.2) is 33.8 Å². The van der Waals surface area contributed by atoms with Gasteiger partial charge < -0.3 is 38.4 Å². The minimum absolute atomic E-state index is 0.0198. The second-order valence-electron chi connectivity index (χ2n) is 19.5. The van der Waals surface area contributed by atoms with Crippen molar-refractivity contribution >= 4 is 34.2 Å². The molecule has 3 aliphatic rings. The molecule has 3 saturated carbocycles. The first-order valence-corrected chi connectivity index (χ1v) is 26.1. The number of ketones is 2. The summed E-state index contributed by atoms with van der Waals surface area (Å²) in [5.41, 5.74) is -7.11. The number of aliphatic hydroxyl groups is 3. The van der Waals surface area contributed by atoms with E-state index in [1.54, 1.807) is 70.3 Å². The maximum Gasteiger partial charge on any atom is 0.338 e. The lowest BCUT2D eigenvalue weighted by Gasteiger charge is -2.65. The Balaban J connectivity index is 1.82. The second-order valence-corrected chi connectivity index (χ2v) is 28.7. The van der Waals surface area contributed by atoms with Gasteiger partial charge in [0.25, 0.3) is 0 Å². The van der Waals surface area contributed by atoms with Crippen molar-refractivity contribution in [1.29, 1.82) is 0 Å².